The summed E-state index contributed by atoms with van der Waals surface area (Å²) in [5.74, 6) is -0.666. The molecule has 24 heavy (non-hydrogen) atoms. The average Bonchev–Trinajstić information content (AvgIpc) is 3.12. The molecule has 0 aliphatic heterocycles. The van der Waals surface area contributed by atoms with Crippen LogP contribution in [0.25, 0.3) is 10.8 Å². The molecule has 3 aromatic rings. The van der Waals surface area contributed by atoms with Crippen LogP contribution in [0.3, 0.4) is 0 Å². The Kier molecular flexibility index (Phi) is 4.98. The van der Waals surface area contributed by atoms with Crippen LogP contribution >= 0.6 is 11.3 Å². The lowest BCUT2D eigenvalue weighted by molar-refractivity contribution is -0.120. The molecule has 0 unspecified atom stereocenters. The van der Waals surface area contributed by atoms with E-state index in [-0.39, 0.29) is 18.4 Å². The third kappa shape index (κ3) is 3.85. The highest BCUT2D eigenvalue weighted by Crippen LogP contribution is 2.18. The van der Waals surface area contributed by atoms with Gasteiger partial charge in [-0.3, -0.25) is 9.59 Å². The second-order valence-corrected chi connectivity index (χ2v) is 6.00. The van der Waals surface area contributed by atoms with Crippen molar-refractivity contribution in [2.24, 2.45) is 5.10 Å². The number of carbonyl (C=O) groups excluding carboxylic acids is 2. The summed E-state index contributed by atoms with van der Waals surface area (Å²) in [5, 5.41) is 10.2. The van der Waals surface area contributed by atoms with Gasteiger partial charge in [-0.1, -0.05) is 42.5 Å². The van der Waals surface area contributed by atoms with E-state index < -0.39 is 0 Å². The molecule has 2 amide bonds. The Hall–Kier alpha value is -2.99. The largest absolute Gasteiger partial charge is 0.343 e. The van der Waals surface area contributed by atoms with Crippen LogP contribution in [-0.2, 0) is 4.79 Å². The van der Waals surface area contributed by atoms with Crippen LogP contribution in [-0.4, -0.2) is 24.6 Å². The first kappa shape index (κ1) is 15.9. The summed E-state index contributed by atoms with van der Waals surface area (Å²) >= 11 is 1.52. The van der Waals surface area contributed by atoms with Gasteiger partial charge >= 0.3 is 0 Å². The van der Waals surface area contributed by atoms with E-state index in [0.29, 0.717) is 5.56 Å². The normalized spacial score (nSPS) is 10.8. The first-order valence-electron chi connectivity index (χ1n) is 7.35. The average molecular weight is 337 g/mol. The van der Waals surface area contributed by atoms with Gasteiger partial charge in [0.2, 0.25) is 0 Å². The van der Waals surface area contributed by atoms with Gasteiger partial charge in [0.15, 0.2) is 0 Å². The Morgan fingerprint density at radius 2 is 1.88 bits per heavy atom. The molecule has 0 spiro atoms. The summed E-state index contributed by atoms with van der Waals surface area (Å²) in [4.78, 5) is 25.0. The van der Waals surface area contributed by atoms with Crippen LogP contribution in [0, 0.1) is 0 Å². The summed E-state index contributed by atoms with van der Waals surface area (Å²) in [6.45, 7) is -0.135. The third-order valence-corrected chi connectivity index (χ3v) is 4.17. The van der Waals surface area contributed by atoms with Crippen molar-refractivity contribution in [2.45, 2.75) is 0 Å². The molecule has 0 saturated heterocycles. The molecule has 2 N–H and O–H groups in total. The molecular weight excluding hydrogens is 322 g/mol. The Bertz CT molecular complexity index is 883. The summed E-state index contributed by atoms with van der Waals surface area (Å²) in [5.41, 5.74) is 2.93. The highest BCUT2D eigenvalue weighted by molar-refractivity contribution is 7.11. The molecule has 2 aromatic carbocycles. The molecule has 6 heteroatoms. The predicted molar refractivity (Wildman–Crippen MR) is 96.3 cm³/mol. The SMILES string of the molecule is O=C(CNC(=O)c1cccc2ccccc12)N/N=C/c1cccs1. The lowest BCUT2D eigenvalue weighted by Gasteiger charge is -2.07. The summed E-state index contributed by atoms with van der Waals surface area (Å²) in [6.07, 6.45) is 1.56. The second kappa shape index (κ2) is 7.52. The van der Waals surface area contributed by atoms with Crippen LogP contribution in [0.5, 0.6) is 0 Å². The fourth-order valence-electron chi connectivity index (χ4n) is 2.25. The van der Waals surface area contributed by atoms with E-state index in [4.69, 9.17) is 0 Å². The van der Waals surface area contributed by atoms with E-state index in [2.05, 4.69) is 15.8 Å². The summed E-state index contributed by atoms with van der Waals surface area (Å²) in [7, 11) is 0. The number of hydrogen-bond donors (Lipinski definition) is 2. The molecular formula is C18H15N3O2S. The maximum absolute atomic E-state index is 12.3. The van der Waals surface area contributed by atoms with Crippen molar-refractivity contribution in [2.75, 3.05) is 6.54 Å². The smallest absolute Gasteiger partial charge is 0.259 e. The highest BCUT2D eigenvalue weighted by Gasteiger charge is 2.10. The van der Waals surface area contributed by atoms with Crippen LogP contribution in [0.1, 0.15) is 15.2 Å². The van der Waals surface area contributed by atoms with Gasteiger partial charge in [-0.05, 0) is 28.3 Å². The molecule has 1 aromatic heterocycles. The fraction of sp³-hybridized carbons (Fsp3) is 0.0556. The standard InChI is InChI=1S/C18H15N3O2S/c22-17(21-20-11-14-7-4-10-24-14)12-19-18(23)16-9-3-6-13-5-1-2-8-15(13)16/h1-11H,12H2,(H,19,23)(H,21,22)/b20-11+. The topological polar surface area (TPSA) is 70.6 Å². The Morgan fingerprint density at radius 1 is 1.04 bits per heavy atom. The molecule has 0 bridgehead atoms. The van der Waals surface area contributed by atoms with E-state index in [9.17, 15) is 9.59 Å². The Morgan fingerprint density at radius 3 is 2.71 bits per heavy atom. The van der Waals surface area contributed by atoms with Crippen molar-refractivity contribution >= 4 is 40.1 Å². The van der Waals surface area contributed by atoms with Crippen LogP contribution in [0.2, 0.25) is 0 Å². The molecule has 0 atom stereocenters. The van der Waals surface area contributed by atoms with Crippen molar-refractivity contribution in [3.63, 3.8) is 0 Å². The van der Waals surface area contributed by atoms with Crippen molar-refractivity contribution in [1.82, 2.24) is 10.7 Å². The Balaban J connectivity index is 1.57. The van der Waals surface area contributed by atoms with Crippen LogP contribution in [0.4, 0.5) is 0 Å². The summed E-state index contributed by atoms with van der Waals surface area (Å²) in [6, 6.07) is 16.9. The molecule has 0 radical (unpaired) electrons. The lowest BCUT2D eigenvalue weighted by atomic mass is 10.0. The number of nitrogens with zero attached hydrogens (tertiary/aromatic N) is 1. The zero-order chi connectivity index (χ0) is 16.8. The first-order valence-corrected chi connectivity index (χ1v) is 8.23. The van der Waals surface area contributed by atoms with Gasteiger partial charge in [0, 0.05) is 10.4 Å². The number of hydrogen-bond acceptors (Lipinski definition) is 4. The number of amides is 2. The van der Waals surface area contributed by atoms with Gasteiger partial charge in [0.25, 0.3) is 11.8 Å². The zero-order valence-corrected chi connectivity index (χ0v) is 13.5. The van der Waals surface area contributed by atoms with E-state index in [1.807, 2.05) is 53.9 Å². The molecule has 0 fully saturated rings. The van der Waals surface area contributed by atoms with Gasteiger partial charge in [-0.15, -0.1) is 11.3 Å². The second-order valence-electron chi connectivity index (χ2n) is 5.02. The first-order chi connectivity index (χ1) is 11.7. The molecule has 5 nitrogen and oxygen atoms in total. The number of nitrogens with one attached hydrogen (secondary N) is 2. The maximum Gasteiger partial charge on any atom is 0.259 e. The quantitative estimate of drug-likeness (QED) is 0.555. The number of fused-ring (bicyclic) bond motifs is 1. The molecule has 0 aliphatic rings. The molecule has 3 rings (SSSR count). The molecule has 0 saturated carbocycles. The molecule has 1 heterocycles. The van der Waals surface area contributed by atoms with Gasteiger partial charge in [0.05, 0.1) is 12.8 Å². The zero-order valence-electron chi connectivity index (χ0n) is 12.7. The van der Waals surface area contributed by atoms with Crippen LogP contribution < -0.4 is 10.7 Å². The highest BCUT2D eigenvalue weighted by atomic mass is 32.1. The maximum atomic E-state index is 12.3. The van der Waals surface area contributed by atoms with Gasteiger partial charge in [0.1, 0.15) is 0 Å². The molecule has 120 valence electrons. The minimum Gasteiger partial charge on any atom is -0.343 e. The van der Waals surface area contributed by atoms with Gasteiger partial charge in [-0.25, -0.2) is 5.43 Å². The lowest BCUT2D eigenvalue weighted by Crippen LogP contribution is -2.35. The van der Waals surface area contributed by atoms with Crippen LogP contribution in [0.15, 0.2) is 65.1 Å². The van der Waals surface area contributed by atoms with Crippen molar-refractivity contribution < 1.29 is 9.59 Å². The van der Waals surface area contributed by atoms with Crippen molar-refractivity contribution in [1.29, 1.82) is 0 Å². The van der Waals surface area contributed by atoms with Crippen molar-refractivity contribution in [3.8, 4) is 0 Å². The Labute approximate surface area is 143 Å². The number of thiophene rings is 1. The number of benzene rings is 2. The van der Waals surface area contributed by atoms with E-state index >= 15 is 0 Å². The minimum absolute atomic E-state index is 0.135. The number of rotatable bonds is 5. The summed E-state index contributed by atoms with van der Waals surface area (Å²) < 4.78 is 0. The van der Waals surface area contributed by atoms with E-state index in [1.54, 1.807) is 12.3 Å². The van der Waals surface area contributed by atoms with E-state index in [1.165, 1.54) is 11.3 Å². The third-order valence-electron chi connectivity index (χ3n) is 3.37. The van der Waals surface area contributed by atoms with E-state index in [0.717, 1.165) is 15.6 Å². The van der Waals surface area contributed by atoms with Gasteiger partial charge in [-0.2, -0.15) is 5.10 Å². The van der Waals surface area contributed by atoms with Crippen molar-refractivity contribution in [3.05, 3.63) is 70.4 Å². The number of hydrazone groups is 1. The molecule has 0 aliphatic carbocycles. The minimum atomic E-state index is -0.378. The monoisotopic (exact) mass is 337 g/mol. The fourth-order valence-corrected chi connectivity index (χ4v) is 2.84. The van der Waals surface area contributed by atoms with Gasteiger partial charge < -0.3 is 5.32 Å². The predicted octanol–water partition coefficient (Wildman–Crippen LogP) is 2.78. The number of carbonyl (C=O) groups is 2.